The summed E-state index contributed by atoms with van der Waals surface area (Å²) < 4.78 is 5.37. The van der Waals surface area contributed by atoms with E-state index < -0.39 is 0 Å². The summed E-state index contributed by atoms with van der Waals surface area (Å²) in [4.78, 5) is 13.9. The Bertz CT molecular complexity index is 405. The smallest absolute Gasteiger partial charge is 0.249 e. The van der Waals surface area contributed by atoms with Crippen LogP contribution in [0.4, 0.5) is 0 Å². The van der Waals surface area contributed by atoms with E-state index in [1.165, 1.54) is 0 Å². The molecule has 18 heavy (non-hydrogen) atoms. The Balaban J connectivity index is 2.16. The van der Waals surface area contributed by atoms with Gasteiger partial charge in [-0.2, -0.15) is 0 Å². The third kappa shape index (κ3) is 3.03. The van der Waals surface area contributed by atoms with Crippen molar-refractivity contribution in [3.63, 3.8) is 0 Å². The van der Waals surface area contributed by atoms with Gasteiger partial charge < -0.3 is 9.64 Å². The van der Waals surface area contributed by atoms with Crippen molar-refractivity contribution in [2.24, 2.45) is 0 Å². The summed E-state index contributed by atoms with van der Waals surface area (Å²) in [5.41, 5.74) is 1.09. The number of halogens is 1. The zero-order chi connectivity index (χ0) is 13.0. The first kappa shape index (κ1) is 13.4. The summed E-state index contributed by atoms with van der Waals surface area (Å²) in [5, 5.41) is 0.710. The molecular formula is C14H18ClNO2. The fraction of sp³-hybridized carbons (Fsp3) is 0.500. The van der Waals surface area contributed by atoms with Gasteiger partial charge in [-0.1, -0.05) is 37.1 Å². The zero-order valence-electron chi connectivity index (χ0n) is 10.6. The quantitative estimate of drug-likeness (QED) is 0.839. The Morgan fingerprint density at radius 3 is 2.78 bits per heavy atom. The lowest BCUT2D eigenvalue weighted by Gasteiger charge is -2.35. The molecule has 0 radical (unpaired) electrons. The minimum Gasteiger partial charge on any atom is -0.369 e. The topological polar surface area (TPSA) is 29.5 Å². The summed E-state index contributed by atoms with van der Waals surface area (Å²) in [7, 11) is 0. The molecule has 98 valence electrons. The summed E-state index contributed by atoms with van der Waals surface area (Å²) >= 11 is 5.89. The van der Waals surface area contributed by atoms with E-state index in [1.807, 2.05) is 29.2 Å². The molecule has 1 heterocycles. The second-order valence-corrected chi connectivity index (χ2v) is 4.96. The number of morpholine rings is 1. The van der Waals surface area contributed by atoms with Crippen LogP contribution in [0.3, 0.4) is 0 Å². The number of nitrogens with zero attached hydrogens (tertiary/aromatic N) is 1. The van der Waals surface area contributed by atoms with Crippen molar-refractivity contribution in [1.82, 2.24) is 4.90 Å². The largest absolute Gasteiger partial charge is 0.369 e. The van der Waals surface area contributed by atoms with Crippen LogP contribution in [0, 0.1) is 0 Å². The molecule has 0 aliphatic carbocycles. The number of rotatable bonds is 4. The molecular weight excluding hydrogens is 250 g/mol. The summed E-state index contributed by atoms with van der Waals surface area (Å²) in [6.45, 7) is 3.69. The van der Waals surface area contributed by atoms with E-state index in [0.29, 0.717) is 11.6 Å². The molecule has 3 nitrogen and oxygen atoms in total. The molecule has 0 spiro atoms. The first-order valence-corrected chi connectivity index (χ1v) is 6.73. The molecule has 0 aromatic heterocycles. The van der Waals surface area contributed by atoms with Crippen LogP contribution in [-0.2, 0) is 9.53 Å². The molecule has 1 fully saturated rings. The minimum atomic E-state index is 0.0232. The number of hydrogen-bond acceptors (Lipinski definition) is 2. The van der Waals surface area contributed by atoms with Gasteiger partial charge in [0.05, 0.1) is 12.6 Å². The molecule has 1 saturated heterocycles. The summed E-state index contributed by atoms with van der Waals surface area (Å²) in [5.74, 6) is 0.0784. The van der Waals surface area contributed by atoms with Gasteiger partial charge in [-0.15, -0.1) is 0 Å². The number of hydrogen-bond donors (Lipinski definition) is 0. The Morgan fingerprint density at radius 2 is 2.11 bits per heavy atom. The average molecular weight is 268 g/mol. The number of unbranched alkanes of at least 4 members (excludes halogenated alkanes) is 1. The van der Waals surface area contributed by atoms with Gasteiger partial charge in [0, 0.05) is 11.6 Å². The van der Waals surface area contributed by atoms with Crippen molar-refractivity contribution in [2.75, 3.05) is 19.8 Å². The van der Waals surface area contributed by atoms with Gasteiger partial charge in [0.25, 0.3) is 0 Å². The van der Waals surface area contributed by atoms with Crippen LogP contribution in [0.2, 0.25) is 5.02 Å². The van der Waals surface area contributed by atoms with E-state index in [2.05, 4.69) is 6.92 Å². The van der Waals surface area contributed by atoms with Crippen molar-refractivity contribution in [2.45, 2.75) is 25.8 Å². The van der Waals surface area contributed by atoms with E-state index in [9.17, 15) is 4.79 Å². The monoisotopic (exact) mass is 267 g/mol. The maximum absolute atomic E-state index is 11.9. The van der Waals surface area contributed by atoms with Gasteiger partial charge in [-0.3, -0.25) is 4.79 Å². The first-order valence-electron chi connectivity index (χ1n) is 6.35. The van der Waals surface area contributed by atoms with Crippen LogP contribution in [0.25, 0.3) is 0 Å². The van der Waals surface area contributed by atoms with Crippen molar-refractivity contribution in [1.29, 1.82) is 0 Å². The van der Waals surface area contributed by atoms with Crippen LogP contribution in [0.1, 0.15) is 31.4 Å². The van der Waals surface area contributed by atoms with Gasteiger partial charge in [-0.05, 0) is 24.1 Å². The molecule has 1 aliphatic heterocycles. The number of ether oxygens (including phenoxy) is 1. The van der Waals surface area contributed by atoms with E-state index in [-0.39, 0.29) is 18.6 Å². The predicted molar refractivity (Wildman–Crippen MR) is 71.6 cm³/mol. The maximum atomic E-state index is 11.9. The zero-order valence-corrected chi connectivity index (χ0v) is 11.3. The number of amides is 1. The van der Waals surface area contributed by atoms with Crippen LogP contribution >= 0.6 is 11.6 Å². The Kier molecular flexibility index (Phi) is 4.61. The Morgan fingerprint density at radius 1 is 1.39 bits per heavy atom. The van der Waals surface area contributed by atoms with Crippen molar-refractivity contribution in [3.05, 3.63) is 34.9 Å². The van der Waals surface area contributed by atoms with Crippen LogP contribution in [0.5, 0.6) is 0 Å². The molecule has 1 amide bonds. The van der Waals surface area contributed by atoms with Gasteiger partial charge in [0.15, 0.2) is 0 Å². The number of carbonyl (C=O) groups is 1. The maximum Gasteiger partial charge on any atom is 0.249 e. The second kappa shape index (κ2) is 6.21. The lowest BCUT2D eigenvalue weighted by molar-refractivity contribution is -0.148. The van der Waals surface area contributed by atoms with Crippen molar-refractivity contribution in [3.8, 4) is 0 Å². The Labute approximate surface area is 113 Å². The van der Waals surface area contributed by atoms with Gasteiger partial charge >= 0.3 is 0 Å². The molecule has 1 aromatic carbocycles. The lowest BCUT2D eigenvalue weighted by Crippen LogP contribution is -2.44. The van der Waals surface area contributed by atoms with Gasteiger partial charge in [0.2, 0.25) is 5.91 Å². The highest BCUT2D eigenvalue weighted by Crippen LogP contribution is 2.26. The number of benzene rings is 1. The molecule has 0 N–H and O–H groups in total. The molecule has 0 bridgehead atoms. The molecule has 1 unspecified atom stereocenters. The second-order valence-electron chi connectivity index (χ2n) is 4.52. The molecule has 1 aromatic rings. The Hall–Kier alpha value is -1.06. The van der Waals surface area contributed by atoms with Crippen LogP contribution < -0.4 is 0 Å². The molecule has 1 aliphatic rings. The molecule has 2 rings (SSSR count). The molecule has 1 atom stereocenters. The third-order valence-corrected chi connectivity index (χ3v) is 3.46. The minimum absolute atomic E-state index is 0.0232. The lowest BCUT2D eigenvalue weighted by atomic mass is 10.0. The van der Waals surface area contributed by atoms with Crippen molar-refractivity contribution >= 4 is 17.5 Å². The van der Waals surface area contributed by atoms with Gasteiger partial charge in [0.1, 0.15) is 6.61 Å². The van der Waals surface area contributed by atoms with E-state index in [1.54, 1.807) is 0 Å². The summed E-state index contributed by atoms with van der Waals surface area (Å²) in [6, 6.07) is 7.67. The SMILES string of the molecule is CCCCN1C(=O)COCC1c1ccc(Cl)cc1. The average Bonchev–Trinajstić information content (AvgIpc) is 2.38. The standard InChI is InChI=1S/C14H18ClNO2/c1-2-3-8-16-13(9-18-10-14(16)17)11-4-6-12(15)7-5-11/h4-7,13H,2-3,8-10H2,1H3. The highest BCUT2D eigenvalue weighted by atomic mass is 35.5. The molecule has 0 saturated carbocycles. The third-order valence-electron chi connectivity index (χ3n) is 3.21. The fourth-order valence-electron chi connectivity index (χ4n) is 2.17. The first-order chi connectivity index (χ1) is 8.72. The summed E-state index contributed by atoms with van der Waals surface area (Å²) in [6.07, 6.45) is 2.10. The van der Waals surface area contributed by atoms with E-state index >= 15 is 0 Å². The van der Waals surface area contributed by atoms with Crippen LogP contribution in [-0.4, -0.2) is 30.6 Å². The highest BCUT2D eigenvalue weighted by molar-refractivity contribution is 6.30. The van der Waals surface area contributed by atoms with E-state index in [0.717, 1.165) is 24.9 Å². The fourth-order valence-corrected chi connectivity index (χ4v) is 2.30. The van der Waals surface area contributed by atoms with Crippen molar-refractivity contribution < 1.29 is 9.53 Å². The molecule has 4 heteroatoms. The van der Waals surface area contributed by atoms with Crippen LogP contribution in [0.15, 0.2) is 24.3 Å². The highest BCUT2D eigenvalue weighted by Gasteiger charge is 2.29. The number of carbonyl (C=O) groups excluding carboxylic acids is 1. The van der Waals surface area contributed by atoms with E-state index in [4.69, 9.17) is 16.3 Å². The van der Waals surface area contributed by atoms with Gasteiger partial charge in [-0.25, -0.2) is 0 Å². The predicted octanol–water partition coefficient (Wildman–Crippen LogP) is 3.04. The normalized spacial score (nSPS) is 20.2.